The number of aromatic nitrogens is 1. The van der Waals surface area contributed by atoms with E-state index in [1.165, 1.54) is 34.7 Å². The maximum Gasteiger partial charge on any atom is 0.191 e. The van der Waals surface area contributed by atoms with Gasteiger partial charge in [-0.25, -0.2) is 4.98 Å². The molecule has 1 fully saturated rings. The number of hydrogen-bond donors (Lipinski definition) is 2. The highest BCUT2D eigenvalue weighted by Crippen LogP contribution is 2.26. The molecule has 1 aliphatic rings. The van der Waals surface area contributed by atoms with Crippen molar-refractivity contribution in [3.63, 3.8) is 0 Å². The van der Waals surface area contributed by atoms with Crippen molar-refractivity contribution in [1.29, 1.82) is 0 Å². The fourth-order valence-electron chi connectivity index (χ4n) is 3.81. The molecule has 7 heteroatoms. The number of thiazole rings is 1. The highest BCUT2D eigenvalue weighted by Gasteiger charge is 2.22. The third-order valence-electron chi connectivity index (χ3n) is 5.40. The summed E-state index contributed by atoms with van der Waals surface area (Å²) in [4.78, 5) is 13.2. The van der Waals surface area contributed by atoms with Gasteiger partial charge in [0.15, 0.2) is 5.96 Å². The monoisotopic (exact) mass is 429 g/mol. The lowest BCUT2D eigenvalue weighted by Crippen LogP contribution is -2.40. The Kier molecular flexibility index (Phi) is 8.96. The van der Waals surface area contributed by atoms with Crippen molar-refractivity contribution in [2.24, 2.45) is 4.99 Å². The van der Waals surface area contributed by atoms with Crippen LogP contribution in [0.4, 0.5) is 0 Å². The van der Waals surface area contributed by atoms with E-state index in [1.54, 1.807) is 18.4 Å². The molecular weight excluding hydrogens is 394 g/mol. The fourth-order valence-corrected chi connectivity index (χ4v) is 4.60. The maximum atomic E-state index is 5.34. The molecule has 2 aromatic rings. The summed E-state index contributed by atoms with van der Waals surface area (Å²) in [5, 5.41) is 8.03. The summed E-state index contributed by atoms with van der Waals surface area (Å²) in [7, 11) is 1.71. The molecule has 0 bridgehead atoms. The van der Waals surface area contributed by atoms with E-state index in [2.05, 4.69) is 58.6 Å². The number of nitrogens with one attached hydrogen (secondary N) is 2. The van der Waals surface area contributed by atoms with Gasteiger partial charge in [0.1, 0.15) is 5.75 Å². The van der Waals surface area contributed by atoms with Crippen molar-refractivity contribution in [2.45, 2.75) is 45.6 Å². The van der Waals surface area contributed by atoms with Crippen LogP contribution in [-0.2, 0) is 6.42 Å². The van der Waals surface area contributed by atoms with Crippen LogP contribution in [0.1, 0.15) is 47.7 Å². The minimum atomic E-state index is 0.285. The van der Waals surface area contributed by atoms with Crippen LogP contribution in [0.25, 0.3) is 0 Å². The van der Waals surface area contributed by atoms with Gasteiger partial charge in [-0.15, -0.1) is 11.3 Å². The molecule has 2 heterocycles. The number of guanidine groups is 1. The number of benzene rings is 1. The van der Waals surface area contributed by atoms with Gasteiger partial charge in [0.05, 0.1) is 24.7 Å². The standard InChI is InChI=1S/C23H35N5OS/c1-4-24-23(25-13-12-22-26-16-18(2)30-22)27-17-21(28-14-6-5-7-15-28)19-8-10-20(29-3)11-9-19/h8-11,16,21H,4-7,12-15,17H2,1-3H3,(H2,24,25,27). The molecule has 0 radical (unpaired) electrons. The van der Waals surface area contributed by atoms with Crippen LogP contribution in [0.2, 0.25) is 0 Å². The van der Waals surface area contributed by atoms with Gasteiger partial charge in [-0.1, -0.05) is 18.6 Å². The molecule has 6 nitrogen and oxygen atoms in total. The molecule has 2 N–H and O–H groups in total. The van der Waals surface area contributed by atoms with E-state index >= 15 is 0 Å². The fraction of sp³-hybridized carbons (Fsp3) is 0.565. The maximum absolute atomic E-state index is 5.34. The molecule has 1 aromatic heterocycles. The van der Waals surface area contributed by atoms with Crippen LogP contribution < -0.4 is 15.4 Å². The smallest absolute Gasteiger partial charge is 0.191 e. The van der Waals surface area contributed by atoms with E-state index in [4.69, 9.17) is 9.73 Å². The molecule has 0 saturated carbocycles. The van der Waals surface area contributed by atoms with E-state index < -0.39 is 0 Å². The summed E-state index contributed by atoms with van der Waals surface area (Å²) in [5.74, 6) is 1.77. The molecule has 3 rings (SSSR count). The summed E-state index contributed by atoms with van der Waals surface area (Å²) in [6, 6.07) is 8.75. The Bertz CT molecular complexity index is 783. The van der Waals surface area contributed by atoms with E-state index in [0.29, 0.717) is 0 Å². The van der Waals surface area contributed by atoms with E-state index in [0.717, 1.165) is 50.9 Å². The van der Waals surface area contributed by atoms with Crippen molar-refractivity contribution in [1.82, 2.24) is 20.5 Å². The second-order valence-corrected chi connectivity index (χ2v) is 8.97. The molecular formula is C23H35N5OS. The number of hydrogen-bond acceptors (Lipinski definition) is 5. The van der Waals surface area contributed by atoms with Crippen LogP contribution in [0.5, 0.6) is 5.75 Å². The highest BCUT2D eigenvalue weighted by atomic mass is 32.1. The Balaban J connectivity index is 1.66. The quantitative estimate of drug-likeness (QED) is 0.469. The third kappa shape index (κ3) is 6.71. The molecule has 0 aliphatic carbocycles. The number of aliphatic imine (C=N–C) groups is 1. The zero-order valence-corrected chi connectivity index (χ0v) is 19.3. The molecule has 164 valence electrons. The number of rotatable bonds is 9. The Morgan fingerprint density at radius 3 is 2.60 bits per heavy atom. The number of methoxy groups -OCH3 is 1. The predicted molar refractivity (Wildman–Crippen MR) is 126 cm³/mol. The van der Waals surface area contributed by atoms with Crippen LogP contribution in [0.15, 0.2) is 35.5 Å². The van der Waals surface area contributed by atoms with Gasteiger partial charge in [0, 0.05) is 30.6 Å². The summed E-state index contributed by atoms with van der Waals surface area (Å²) in [6.45, 7) is 8.89. The average molecular weight is 430 g/mol. The zero-order valence-electron chi connectivity index (χ0n) is 18.5. The topological polar surface area (TPSA) is 61.8 Å². The minimum absolute atomic E-state index is 0.285. The van der Waals surface area contributed by atoms with E-state index in [1.807, 2.05) is 6.20 Å². The molecule has 0 spiro atoms. The summed E-state index contributed by atoms with van der Waals surface area (Å²) in [5.41, 5.74) is 1.30. The van der Waals surface area contributed by atoms with Gasteiger partial charge < -0.3 is 15.4 Å². The van der Waals surface area contributed by atoms with Gasteiger partial charge in [-0.2, -0.15) is 0 Å². The van der Waals surface area contributed by atoms with Crippen LogP contribution in [0.3, 0.4) is 0 Å². The Morgan fingerprint density at radius 2 is 1.97 bits per heavy atom. The van der Waals surface area contributed by atoms with Gasteiger partial charge in [0.2, 0.25) is 0 Å². The first kappa shape index (κ1) is 22.6. The van der Waals surface area contributed by atoms with Crippen molar-refractivity contribution >= 4 is 17.3 Å². The molecule has 1 atom stereocenters. The Hall–Kier alpha value is -2.12. The molecule has 1 aromatic carbocycles. The molecule has 30 heavy (non-hydrogen) atoms. The van der Waals surface area contributed by atoms with Crippen molar-refractivity contribution in [2.75, 3.05) is 39.8 Å². The van der Waals surface area contributed by atoms with Gasteiger partial charge in [0.25, 0.3) is 0 Å². The van der Waals surface area contributed by atoms with Crippen molar-refractivity contribution < 1.29 is 4.74 Å². The SMILES string of the molecule is CCNC(=NCC(c1ccc(OC)cc1)N1CCCCC1)NCCc1ncc(C)s1. The first-order valence-corrected chi connectivity index (χ1v) is 11.8. The lowest BCUT2D eigenvalue weighted by Gasteiger charge is -2.34. The second-order valence-electron chi connectivity index (χ2n) is 7.65. The molecule has 1 unspecified atom stereocenters. The molecule has 0 amide bonds. The van der Waals surface area contributed by atoms with Gasteiger partial charge in [-0.3, -0.25) is 9.89 Å². The Labute approximate surface area is 184 Å². The third-order valence-corrected chi connectivity index (χ3v) is 6.37. The number of ether oxygens (including phenoxy) is 1. The van der Waals surface area contributed by atoms with Gasteiger partial charge in [-0.05, 0) is 57.5 Å². The number of piperidine rings is 1. The summed E-state index contributed by atoms with van der Waals surface area (Å²) in [6.07, 6.45) is 6.72. The lowest BCUT2D eigenvalue weighted by atomic mass is 10.0. The van der Waals surface area contributed by atoms with Crippen LogP contribution in [-0.4, -0.2) is 55.7 Å². The number of nitrogens with zero attached hydrogens (tertiary/aromatic N) is 3. The van der Waals surface area contributed by atoms with Crippen LogP contribution in [0, 0.1) is 6.92 Å². The zero-order chi connectivity index (χ0) is 21.2. The summed E-state index contributed by atoms with van der Waals surface area (Å²) < 4.78 is 5.34. The normalized spacial score (nSPS) is 16.3. The highest BCUT2D eigenvalue weighted by molar-refractivity contribution is 7.11. The largest absolute Gasteiger partial charge is 0.497 e. The summed E-state index contributed by atoms with van der Waals surface area (Å²) >= 11 is 1.76. The first-order valence-electron chi connectivity index (χ1n) is 11.0. The van der Waals surface area contributed by atoms with Gasteiger partial charge >= 0.3 is 0 Å². The molecule has 1 aliphatic heterocycles. The number of aryl methyl sites for hydroxylation is 1. The first-order chi connectivity index (χ1) is 14.7. The predicted octanol–water partition coefficient (Wildman–Crippen LogP) is 3.78. The average Bonchev–Trinajstić information content (AvgIpc) is 3.20. The van der Waals surface area contributed by atoms with E-state index in [9.17, 15) is 0 Å². The minimum Gasteiger partial charge on any atom is -0.497 e. The second kappa shape index (κ2) is 11.9. The van der Waals surface area contributed by atoms with Crippen molar-refractivity contribution in [3.8, 4) is 5.75 Å². The van der Waals surface area contributed by atoms with Crippen LogP contribution >= 0.6 is 11.3 Å². The Morgan fingerprint density at radius 1 is 1.20 bits per heavy atom. The number of likely N-dealkylation sites (tertiary alicyclic amines) is 1. The van der Waals surface area contributed by atoms with Crippen molar-refractivity contribution in [3.05, 3.63) is 45.9 Å². The van der Waals surface area contributed by atoms with E-state index in [-0.39, 0.29) is 6.04 Å². The molecule has 1 saturated heterocycles. The lowest BCUT2D eigenvalue weighted by molar-refractivity contribution is 0.167.